The SMILES string of the molecule is CCc1nn(-c2ccccc2)c2cc(N3CCN(C4CCNCC4)CC3)ccc12. The summed E-state index contributed by atoms with van der Waals surface area (Å²) in [5, 5.41) is 9.68. The summed E-state index contributed by atoms with van der Waals surface area (Å²) >= 11 is 0. The van der Waals surface area contributed by atoms with E-state index in [0.29, 0.717) is 0 Å². The molecule has 0 bridgehead atoms. The molecule has 2 aliphatic heterocycles. The number of aryl methyl sites for hydroxylation is 1. The fourth-order valence-corrected chi connectivity index (χ4v) is 4.91. The number of nitrogens with one attached hydrogen (secondary N) is 1. The smallest absolute Gasteiger partial charge is 0.0764 e. The maximum atomic E-state index is 4.92. The summed E-state index contributed by atoms with van der Waals surface area (Å²) < 4.78 is 2.11. The first kappa shape index (κ1) is 18.6. The molecule has 0 aliphatic carbocycles. The molecule has 2 aromatic carbocycles. The van der Waals surface area contributed by atoms with Crippen molar-refractivity contribution >= 4 is 16.6 Å². The average molecular weight is 390 g/mol. The van der Waals surface area contributed by atoms with Crippen LogP contribution in [0.25, 0.3) is 16.6 Å². The minimum absolute atomic E-state index is 0.771. The van der Waals surface area contributed by atoms with Crippen molar-refractivity contribution in [3.63, 3.8) is 0 Å². The first-order chi connectivity index (χ1) is 14.3. The van der Waals surface area contributed by atoms with Crippen LogP contribution in [0.4, 0.5) is 5.69 Å². The van der Waals surface area contributed by atoms with Crippen molar-refractivity contribution in [1.82, 2.24) is 20.0 Å². The van der Waals surface area contributed by atoms with Gasteiger partial charge in [0.25, 0.3) is 0 Å². The highest BCUT2D eigenvalue weighted by Gasteiger charge is 2.25. The van der Waals surface area contributed by atoms with Gasteiger partial charge in [-0.2, -0.15) is 5.10 Å². The highest BCUT2D eigenvalue weighted by atomic mass is 15.3. The van der Waals surface area contributed by atoms with Crippen LogP contribution in [-0.2, 0) is 6.42 Å². The van der Waals surface area contributed by atoms with Gasteiger partial charge in [-0.3, -0.25) is 4.90 Å². The molecule has 0 amide bonds. The number of nitrogens with zero attached hydrogens (tertiary/aromatic N) is 4. The Labute approximate surface area is 173 Å². The minimum Gasteiger partial charge on any atom is -0.369 e. The number of anilines is 1. The van der Waals surface area contributed by atoms with Gasteiger partial charge in [0.1, 0.15) is 0 Å². The summed E-state index contributed by atoms with van der Waals surface area (Å²) in [4.78, 5) is 5.25. The molecule has 0 unspecified atom stereocenters. The Morgan fingerprint density at radius 3 is 2.41 bits per heavy atom. The Kier molecular flexibility index (Phi) is 5.25. The molecule has 0 spiro atoms. The van der Waals surface area contributed by atoms with Crippen molar-refractivity contribution in [2.45, 2.75) is 32.2 Å². The van der Waals surface area contributed by atoms with E-state index in [9.17, 15) is 0 Å². The molecule has 29 heavy (non-hydrogen) atoms. The normalized spacial score (nSPS) is 19.1. The van der Waals surface area contributed by atoms with Crippen LogP contribution >= 0.6 is 0 Å². The Morgan fingerprint density at radius 1 is 0.931 bits per heavy atom. The molecule has 0 saturated carbocycles. The van der Waals surface area contributed by atoms with Gasteiger partial charge in [0.05, 0.1) is 16.9 Å². The third-order valence-electron chi connectivity index (χ3n) is 6.58. The van der Waals surface area contributed by atoms with Gasteiger partial charge in [0.2, 0.25) is 0 Å². The number of aromatic nitrogens is 2. The standard InChI is InChI=1S/C24H31N5/c1-2-23-22-9-8-21(18-24(22)29(26-23)20-6-4-3-5-7-20)28-16-14-27(15-17-28)19-10-12-25-13-11-19/h3-9,18-19,25H,2,10-17H2,1H3. The summed E-state index contributed by atoms with van der Waals surface area (Å²) in [5.41, 5.74) is 4.84. The van der Waals surface area contributed by atoms with Crippen LogP contribution in [0.15, 0.2) is 48.5 Å². The van der Waals surface area contributed by atoms with Gasteiger partial charge in [-0.15, -0.1) is 0 Å². The van der Waals surface area contributed by atoms with Crippen LogP contribution < -0.4 is 10.2 Å². The molecule has 152 valence electrons. The lowest BCUT2D eigenvalue weighted by molar-refractivity contribution is 0.153. The molecule has 1 aromatic heterocycles. The Bertz CT molecular complexity index is 950. The molecule has 5 heteroatoms. The van der Waals surface area contributed by atoms with Crippen LogP contribution in [0.3, 0.4) is 0 Å². The van der Waals surface area contributed by atoms with Gasteiger partial charge in [0.15, 0.2) is 0 Å². The predicted octanol–water partition coefficient (Wildman–Crippen LogP) is 3.46. The van der Waals surface area contributed by atoms with E-state index < -0.39 is 0 Å². The van der Waals surface area contributed by atoms with Crippen molar-refractivity contribution in [2.75, 3.05) is 44.2 Å². The highest BCUT2D eigenvalue weighted by Crippen LogP contribution is 2.28. The van der Waals surface area contributed by atoms with Crippen LogP contribution in [0, 0.1) is 0 Å². The van der Waals surface area contributed by atoms with Gasteiger partial charge in [-0.1, -0.05) is 25.1 Å². The molecular formula is C24H31N5. The number of rotatable bonds is 4. The number of benzene rings is 2. The first-order valence-electron chi connectivity index (χ1n) is 11.1. The second-order valence-electron chi connectivity index (χ2n) is 8.25. The third-order valence-corrected chi connectivity index (χ3v) is 6.58. The number of piperazine rings is 1. The van der Waals surface area contributed by atoms with E-state index in [2.05, 4.69) is 75.3 Å². The van der Waals surface area contributed by atoms with Gasteiger partial charge in [0, 0.05) is 43.3 Å². The fourth-order valence-electron chi connectivity index (χ4n) is 4.91. The zero-order valence-corrected chi connectivity index (χ0v) is 17.3. The zero-order valence-electron chi connectivity index (χ0n) is 17.3. The predicted molar refractivity (Wildman–Crippen MR) is 120 cm³/mol. The van der Waals surface area contributed by atoms with Crippen LogP contribution in [-0.4, -0.2) is 60.0 Å². The molecule has 5 rings (SSSR count). The first-order valence-corrected chi connectivity index (χ1v) is 11.1. The number of para-hydroxylation sites is 1. The quantitative estimate of drug-likeness (QED) is 0.741. The molecule has 2 aliphatic rings. The van der Waals surface area contributed by atoms with E-state index in [0.717, 1.165) is 31.2 Å². The van der Waals surface area contributed by atoms with Gasteiger partial charge < -0.3 is 10.2 Å². The molecule has 3 heterocycles. The van der Waals surface area contributed by atoms with Crippen molar-refractivity contribution < 1.29 is 0 Å². The Balaban J connectivity index is 1.40. The Morgan fingerprint density at radius 2 is 1.69 bits per heavy atom. The van der Waals surface area contributed by atoms with Crippen LogP contribution in [0.2, 0.25) is 0 Å². The Hall–Kier alpha value is -2.37. The maximum Gasteiger partial charge on any atom is 0.0764 e. The lowest BCUT2D eigenvalue weighted by Crippen LogP contribution is -2.52. The highest BCUT2D eigenvalue weighted by molar-refractivity contribution is 5.86. The van der Waals surface area contributed by atoms with E-state index in [4.69, 9.17) is 5.10 Å². The third kappa shape index (κ3) is 3.65. The molecule has 2 saturated heterocycles. The molecule has 1 N–H and O–H groups in total. The van der Waals surface area contributed by atoms with Crippen LogP contribution in [0.5, 0.6) is 0 Å². The number of hydrogen-bond acceptors (Lipinski definition) is 4. The van der Waals surface area contributed by atoms with Crippen LogP contribution in [0.1, 0.15) is 25.5 Å². The lowest BCUT2D eigenvalue weighted by Gasteiger charge is -2.41. The summed E-state index contributed by atoms with van der Waals surface area (Å²) in [5.74, 6) is 0. The van der Waals surface area contributed by atoms with E-state index in [1.165, 1.54) is 61.3 Å². The monoisotopic (exact) mass is 389 g/mol. The minimum atomic E-state index is 0.771. The maximum absolute atomic E-state index is 4.92. The summed E-state index contributed by atoms with van der Waals surface area (Å²) in [6.07, 6.45) is 3.54. The lowest BCUT2D eigenvalue weighted by atomic mass is 10.0. The largest absolute Gasteiger partial charge is 0.369 e. The summed E-state index contributed by atoms with van der Waals surface area (Å²) in [6.45, 7) is 9.08. The topological polar surface area (TPSA) is 36.3 Å². The second kappa shape index (κ2) is 8.17. The number of fused-ring (bicyclic) bond motifs is 1. The number of hydrogen-bond donors (Lipinski definition) is 1. The van der Waals surface area contributed by atoms with Gasteiger partial charge in [-0.05, 0) is 62.7 Å². The van der Waals surface area contributed by atoms with Gasteiger partial charge >= 0.3 is 0 Å². The van der Waals surface area contributed by atoms with Crippen molar-refractivity contribution in [3.8, 4) is 5.69 Å². The van der Waals surface area contributed by atoms with Gasteiger partial charge in [-0.25, -0.2) is 4.68 Å². The van der Waals surface area contributed by atoms with Crippen molar-refractivity contribution in [2.24, 2.45) is 0 Å². The van der Waals surface area contributed by atoms with E-state index in [-0.39, 0.29) is 0 Å². The number of piperidine rings is 1. The average Bonchev–Trinajstić information content (AvgIpc) is 3.18. The molecule has 3 aromatic rings. The van der Waals surface area contributed by atoms with E-state index in [1.54, 1.807) is 0 Å². The molecule has 0 atom stereocenters. The second-order valence-corrected chi connectivity index (χ2v) is 8.25. The molecule has 5 nitrogen and oxygen atoms in total. The van der Waals surface area contributed by atoms with Crippen molar-refractivity contribution in [3.05, 3.63) is 54.2 Å². The molecule has 2 fully saturated rings. The van der Waals surface area contributed by atoms with Crippen molar-refractivity contribution in [1.29, 1.82) is 0 Å². The fraction of sp³-hybridized carbons (Fsp3) is 0.458. The summed E-state index contributed by atoms with van der Waals surface area (Å²) in [7, 11) is 0. The molecular weight excluding hydrogens is 358 g/mol. The van der Waals surface area contributed by atoms with E-state index >= 15 is 0 Å². The zero-order chi connectivity index (χ0) is 19.6. The van der Waals surface area contributed by atoms with E-state index in [1.807, 2.05) is 0 Å². The summed E-state index contributed by atoms with van der Waals surface area (Å²) in [6, 6.07) is 18.2. The molecule has 0 radical (unpaired) electrons.